The van der Waals surface area contributed by atoms with Gasteiger partial charge in [-0.2, -0.15) is 0 Å². The molecule has 0 bridgehead atoms. The van der Waals surface area contributed by atoms with Crippen LogP contribution in [0.4, 0.5) is 0 Å². The standard InChI is InChI=1S/C18H13I6NO4/c19-9-7-10(15(23)13(22)8-9)17(26)28-5-3-25-4-6-29-18(27)14-11(20)1-2-12(21)16(14)24/h1-2,7-8,25H,3-6H2. The minimum absolute atomic E-state index is 0.247. The molecule has 0 amide bonds. The van der Waals surface area contributed by atoms with E-state index in [1.807, 2.05) is 24.3 Å². The van der Waals surface area contributed by atoms with Crippen LogP contribution in [0.25, 0.3) is 0 Å². The maximum Gasteiger partial charge on any atom is 0.340 e. The SMILES string of the molecule is O=C(OCCNCCOC(=O)c1c(I)ccc(I)c1I)c1cc(I)cc(I)c1I. The van der Waals surface area contributed by atoms with Gasteiger partial charge in [-0.3, -0.25) is 0 Å². The second kappa shape index (κ2) is 13.4. The van der Waals surface area contributed by atoms with Crippen molar-refractivity contribution in [3.63, 3.8) is 0 Å². The van der Waals surface area contributed by atoms with Gasteiger partial charge in [0.15, 0.2) is 0 Å². The summed E-state index contributed by atoms with van der Waals surface area (Å²) in [5.41, 5.74) is 1.19. The van der Waals surface area contributed by atoms with Gasteiger partial charge in [0.05, 0.1) is 11.1 Å². The monoisotopic (exact) mass is 1070 g/mol. The molecule has 29 heavy (non-hydrogen) atoms. The first-order chi connectivity index (χ1) is 13.7. The zero-order valence-corrected chi connectivity index (χ0v) is 27.5. The van der Waals surface area contributed by atoms with Crippen LogP contribution in [-0.2, 0) is 9.47 Å². The summed E-state index contributed by atoms with van der Waals surface area (Å²) < 4.78 is 16.4. The van der Waals surface area contributed by atoms with Gasteiger partial charge in [0, 0.05) is 34.5 Å². The number of esters is 2. The quantitative estimate of drug-likeness (QED) is 0.154. The third kappa shape index (κ3) is 8.22. The molecule has 0 heterocycles. The fourth-order valence-corrected chi connectivity index (χ4v) is 6.83. The van der Waals surface area contributed by atoms with E-state index in [9.17, 15) is 9.59 Å². The number of nitrogens with one attached hydrogen (secondary N) is 1. The molecular weight excluding hydrogens is 1060 g/mol. The number of hydrogen-bond acceptors (Lipinski definition) is 5. The predicted octanol–water partition coefficient (Wildman–Crippen LogP) is 5.92. The second-order valence-electron chi connectivity index (χ2n) is 5.49. The van der Waals surface area contributed by atoms with Crippen LogP contribution in [0.15, 0.2) is 24.3 Å². The lowest BCUT2D eigenvalue weighted by Gasteiger charge is -2.11. The van der Waals surface area contributed by atoms with Crippen molar-refractivity contribution in [1.82, 2.24) is 5.32 Å². The van der Waals surface area contributed by atoms with Crippen molar-refractivity contribution in [1.29, 1.82) is 0 Å². The first-order valence-corrected chi connectivity index (χ1v) is 14.5. The van der Waals surface area contributed by atoms with E-state index in [4.69, 9.17) is 9.47 Å². The maximum atomic E-state index is 12.3. The van der Waals surface area contributed by atoms with Crippen molar-refractivity contribution in [3.8, 4) is 0 Å². The molecule has 0 unspecified atom stereocenters. The summed E-state index contributed by atoms with van der Waals surface area (Å²) in [4.78, 5) is 24.6. The van der Waals surface area contributed by atoms with Crippen molar-refractivity contribution in [2.75, 3.05) is 26.3 Å². The molecular formula is C18H13I6NO4. The molecule has 5 nitrogen and oxygen atoms in total. The largest absolute Gasteiger partial charge is 0.461 e. The van der Waals surface area contributed by atoms with Crippen LogP contribution in [0, 0.1) is 21.4 Å². The van der Waals surface area contributed by atoms with E-state index in [1.165, 1.54) is 0 Å². The molecule has 0 aliphatic carbocycles. The van der Waals surface area contributed by atoms with Crippen LogP contribution in [0.3, 0.4) is 0 Å². The summed E-state index contributed by atoms with van der Waals surface area (Å²) in [5.74, 6) is -0.657. The normalized spacial score (nSPS) is 10.7. The Bertz CT molecular complexity index is 922. The Morgan fingerprint density at radius 1 is 0.759 bits per heavy atom. The van der Waals surface area contributed by atoms with Gasteiger partial charge >= 0.3 is 11.9 Å². The fraction of sp³-hybridized carbons (Fsp3) is 0.222. The first-order valence-electron chi connectivity index (χ1n) is 8.05. The van der Waals surface area contributed by atoms with Crippen LogP contribution in [0.1, 0.15) is 20.7 Å². The Morgan fingerprint density at radius 3 is 2.00 bits per heavy atom. The van der Waals surface area contributed by atoms with Crippen LogP contribution >= 0.6 is 136 Å². The summed E-state index contributed by atoms with van der Waals surface area (Å²) in [6.45, 7) is 1.47. The van der Waals surface area contributed by atoms with Crippen LogP contribution in [0.2, 0.25) is 0 Å². The smallest absolute Gasteiger partial charge is 0.340 e. The molecule has 156 valence electrons. The average molecular weight is 1070 g/mol. The number of carbonyl (C=O) groups excluding carboxylic acids is 2. The van der Waals surface area contributed by atoms with Gasteiger partial charge in [-0.25, -0.2) is 9.59 Å². The molecule has 1 N–H and O–H groups in total. The van der Waals surface area contributed by atoms with Crippen LogP contribution in [0.5, 0.6) is 0 Å². The number of carbonyl (C=O) groups is 2. The van der Waals surface area contributed by atoms with E-state index >= 15 is 0 Å². The van der Waals surface area contributed by atoms with Crippen molar-refractivity contribution in [3.05, 3.63) is 56.8 Å². The van der Waals surface area contributed by atoms with Gasteiger partial charge in [-0.1, -0.05) is 0 Å². The zero-order chi connectivity index (χ0) is 21.6. The molecule has 11 heteroatoms. The predicted molar refractivity (Wildman–Crippen MR) is 163 cm³/mol. The molecule has 0 atom stereocenters. The number of rotatable bonds is 8. The Kier molecular flexibility index (Phi) is 12.5. The highest BCUT2D eigenvalue weighted by Crippen LogP contribution is 2.25. The summed E-state index contributed by atoms with van der Waals surface area (Å²) in [5, 5.41) is 3.11. The van der Waals surface area contributed by atoms with E-state index in [0.717, 1.165) is 21.4 Å². The molecule has 0 spiro atoms. The summed E-state index contributed by atoms with van der Waals surface area (Å²) in [6, 6.07) is 7.72. The van der Waals surface area contributed by atoms with Gasteiger partial charge < -0.3 is 14.8 Å². The number of halogens is 6. The molecule has 2 rings (SSSR count). The fourth-order valence-electron chi connectivity index (χ4n) is 2.13. The van der Waals surface area contributed by atoms with Gasteiger partial charge in [-0.05, 0) is 160 Å². The third-order valence-electron chi connectivity index (χ3n) is 3.49. The molecule has 0 fully saturated rings. The van der Waals surface area contributed by atoms with Gasteiger partial charge in [0.1, 0.15) is 13.2 Å². The van der Waals surface area contributed by atoms with Crippen LogP contribution < -0.4 is 5.32 Å². The average Bonchev–Trinajstić information content (AvgIpc) is 2.67. The highest BCUT2D eigenvalue weighted by Gasteiger charge is 2.18. The van der Waals surface area contributed by atoms with E-state index in [0.29, 0.717) is 24.2 Å². The minimum Gasteiger partial charge on any atom is -0.461 e. The van der Waals surface area contributed by atoms with Crippen molar-refractivity contribution in [2.45, 2.75) is 0 Å². The summed E-state index contributed by atoms with van der Waals surface area (Å²) in [7, 11) is 0. The highest BCUT2D eigenvalue weighted by atomic mass is 127. The molecule has 0 aliphatic heterocycles. The lowest BCUT2D eigenvalue weighted by molar-refractivity contribution is 0.0489. The molecule has 0 saturated carbocycles. The topological polar surface area (TPSA) is 64.6 Å². The Morgan fingerprint density at radius 2 is 1.34 bits per heavy atom. The van der Waals surface area contributed by atoms with Gasteiger partial charge in [0.2, 0.25) is 0 Å². The molecule has 0 aromatic heterocycles. The van der Waals surface area contributed by atoms with Crippen LogP contribution in [-0.4, -0.2) is 38.2 Å². The van der Waals surface area contributed by atoms with E-state index in [-0.39, 0.29) is 25.2 Å². The molecule has 0 saturated heterocycles. The second-order valence-corrected chi connectivity index (χ2v) is 12.4. The Labute approximate surface area is 250 Å². The number of ether oxygens (including phenoxy) is 2. The lowest BCUT2D eigenvalue weighted by Crippen LogP contribution is -2.26. The van der Waals surface area contributed by atoms with Gasteiger partial charge in [-0.15, -0.1) is 0 Å². The van der Waals surface area contributed by atoms with Gasteiger partial charge in [0.25, 0.3) is 0 Å². The van der Waals surface area contributed by atoms with Crippen molar-refractivity contribution >= 4 is 147 Å². The van der Waals surface area contributed by atoms with Crippen molar-refractivity contribution in [2.24, 2.45) is 0 Å². The molecule has 0 radical (unpaired) electrons. The van der Waals surface area contributed by atoms with E-state index < -0.39 is 0 Å². The Hall–Kier alpha value is 1.72. The van der Waals surface area contributed by atoms with E-state index in [2.05, 4.69) is 141 Å². The maximum absolute atomic E-state index is 12.3. The molecule has 2 aromatic carbocycles. The molecule has 0 aliphatic rings. The first kappa shape index (κ1) is 27.0. The highest BCUT2D eigenvalue weighted by molar-refractivity contribution is 14.1. The summed E-state index contributed by atoms with van der Waals surface area (Å²) in [6.07, 6.45) is 0. The lowest BCUT2D eigenvalue weighted by atomic mass is 10.2. The minimum atomic E-state index is -0.332. The third-order valence-corrected chi connectivity index (χ3v) is 11.1. The number of hydrogen-bond donors (Lipinski definition) is 1. The Balaban J connectivity index is 1.71. The zero-order valence-electron chi connectivity index (χ0n) is 14.5. The number of benzene rings is 2. The van der Waals surface area contributed by atoms with Crippen molar-refractivity contribution < 1.29 is 19.1 Å². The van der Waals surface area contributed by atoms with E-state index in [1.54, 1.807) is 0 Å². The summed E-state index contributed by atoms with van der Waals surface area (Å²) >= 11 is 13.1. The molecule has 2 aromatic rings.